The number of aryl methyl sites for hydroxylation is 1. The molecule has 0 bridgehead atoms. The Hall–Kier alpha value is -2.61. The summed E-state index contributed by atoms with van der Waals surface area (Å²) in [6, 6.07) is 17.3. The SMILES string of the molecule is Cc1cnc(/C=C\c2ccc3ccccc3c2)cc1N1CCCCC1. The molecule has 1 aliphatic rings. The molecule has 1 aromatic heterocycles. The van der Waals surface area contributed by atoms with Gasteiger partial charge in [0.15, 0.2) is 0 Å². The van der Waals surface area contributed by atoms with Crippen LogP contribution < -0.4 is 4.90 Å². The van der Waals surface area contributed by atoms with E-state index in [0.29, 0.717) is 0 Å². The van der Waals surface area contributed by atoms with Crippen LogP contribution in [0.15, 0.2) is 54.7 Å². The van der Waals surface area contributed by atoms with Crippen LogP contribution in [0.4, 0.5) is 5.69 Å². The summed E-state index contributed by atoms with van der Waals surface area (Å²) in [5.74, 6) is 0. The van der Waals surface area contributed by atoms with E-state index in [-0.39, 0.29) is 0 Å². The van der Waals surface area contributed by atoms with Crippen LogP contribution in [0.2, 0.25) is 0 Å². The Kier molecular flexibility index (Phi) is 4.51. The van der Waals surface area contributed by atoms with Crippen LogP contribution in [0.3, 0.4) is 0 Å². The lowest BCUT2D eigenvalue weighted by Crippen LogP contribution is -2.30. The fourth-order valence-electron chi connectivity index (χ4n) is 3.59. The second-order valence-electron chi connectivity index (χ2n) is 6.88. The first kappa shape index (κ1) is 15.9. The molecule has 1 saturated heterocycles. The Balaban J connectivity index is 1.59. The Morgan fingerprint density at radius 3 is 2.52 bits per heavy atom. The lowest BCUT2D eigenvalue weighted by atomic mass is 10.1. The Labute approximate surface area is 149 Å². The summed E-state index contributed by atoms with van der Waals surface area (Å²) in [7, 11) is 0. The Bertz CT molecular complexity index is 905. The highest BCUT2D eigenvalue weighted by Gasteiger charge is 2.13. The monoisotopic (exact) mass is 328 g/mol. The molecule has 4 rings (SSSR count). The van der Waals surface area contributed by atoms with Gasteiger partial charge in [0.25, 0.3) is 0 Å². The third kappa shape index (κ3) is 3.58. The van der Waals surface area contributed by atoms with E-state index in [1.165, 1.54) is 59.9 Å². The quantitative estimate of drug-likeness (QED) is 0.613. The van der Waals surface area contributed by atoms with Gasteiger partial charge in [0, 0.05) is 25.0 Å². The number of piperidine rings is 1. The van der Waals surface area contributed by atoms with Crippen LogP contribution in [0.5, 0.6) is 0 Å². The molecule has 0 unspecified atom stereocenters. The zero-order valence-corrected chi connectivity index (χ0v) is 14.8. The molecule has 2 aromatic carbocycles. The first-order chi connectivity index (χ1) is 12.3. The molecule has 2 heterocycles. The van der Waals surface area contributed by atoms with Crippen LogP contribution in [0.25, 0.3) is 22.9 Å². The number of pyridine rings is 1. The maximum Gasteiger partial charge on any atom is 0.0650 e. The van der Waals surface area contributed by atoms with E-state index in [9.17, 15) is 0 Å². The van der Waals surface area contributed by atoms with E-state index < -0.39 is 0 Å². The largest absolute Gasteiger partial charge is 0.371 e. The van der Waals surface area contributed by atoms with Gasteiger partial charge >= 0.3 is 0 Å². The Morgan fingerprint density at radius 2 is 1.68 bits per heavy atom. The predicted molar refractivity (Wildman–Crippen MR) is 108 cm³/mol. The summed E-state index contributed by atoms with van der Waals surface area (Å²) < 4.78 is 0. The van der Waals surface area contributed by atoms with E-state index in [2.05, 4.69) is 77.5 Å². The van der Waals surface area contributed by atoms with Crippen molar-refractivity contribution in [3.63, 3.8) is 0 Å². The van der Waals surface area contributed by atoms with Gasteiger partial charge in [-0.2, -0.15) is 0 Å². The van der Waals surface area contributed by atoms with E-state index in [4.69, 9.17) is 0 Å². The number of aromatic nitrogens is 1. The van der Waals surface area contributed by atoms with Gasteiger partial charge in [-0.1, -0.05) is 42.5 Å². The smallest absolute Gasteiger partial charge is 0.0650 e. The highest BCUT2D eigenvalue weighted by molar-refractivity contribution is 5.85. The van der Waals surface area contributed by atoms with Crippen LogP contribution in [0.1, 0.15) is 36.1 Å². The minimum Gasteiger partial charge on any atom is -0.371 e. The number of nitrogens with zero attached hydrogens (tertiary/aromatic N) is 2. The van der Waals surface area contributed by atoms with Gasteiger partial charge in [-0.25, -0.2) is 0 Å². The van der Waals surface area contributed by atoms with E-state index in [0.717, 1.165) is 5.69 Å². The number of hydrogen-bond acceptors (Lipinski definition) is 2. The summed E-state index contributed by atoms with van der Waals surface area (Å²) in [6.07, 6.45) is 10.2. The van der Waals surface area contributed by atoms with Crippen molar-refractivity contribution in [3.8, 4) is 0 Å². The molecule has 0 spiro atoms. The minimum absolute atomic E-state index is 1.03. The number of hydrogen-bond donors (Lipinski definition) is 0. The van der Waals surface area contributed by atoms with Crippen LogP contribution in [0, 0.1) is 6.92 Å². The molecule has 2 nitrogen and oxygen atoms in total. The molecule has 1 fully saturated rings. The molecule has 0 aliphatic carbocycles. The molecule has 2 heteroatoms. The van der Waals surface area contributed by atoms with E-state index in [1.807, 2.05) is 6.20 Å². The zero-order chi connectivity index (χ0) is 17.1. The summed E-state index contributed by atoms with van der Waals surface area (Å²) in [5.41, 5.74) is 4.84. The molecule has 0 saturated carbocycles. The molecule has 0 radical (unpaired) electrons. The third-order valence-electron chi connectivity index (χ3n) is 5.01. The van der Waals surface area contributed by atoms with Gasteiger partial charge in [0.05, 0.1) is 5.69 Å². The number of fused-ring (bicyclic) bond motifs is 1. The second kappa shape index (κ2) is 7.10. The van der Waals surface area contributed by atoms with Gasteiger partial charge in [-0.05, 0) is 66.3 Å². The first-order valence-corrected chi connectivity index (χ1v) is 9.18. The van der Waals surface area contributed by atoms with Crippen LogP contribution in [-0.4, -0.2) is 18.1 Å². The van der Waals surface area contributed by atoms with Gasteiger partial charge < -0.3 is 4.90 Å². The van der Waals surface area contributed by atoms with E-state index in [1.54, 1.807) is 0 Å². The lowest BCUT2D eigenvalue weighted by Gasteiger charge is -2.30. The van der Waals surface area contributed by atoms with Crippen LogP contribution >= 0.6 is 0 Å². The van der Waals surface area contributed by atoms with Crippen molar-refractivity contribution in [1.82, 2.24) is 4.98 Å². The highest BCUT2D eigenvalue weighted by atomic mass is 15.1. The van der Waals surface area contributed by atoms with Gasteiger partial charge in [-0.15, -0.1) is 0 Å². The standard InChI is InChI=1S/C23H24N2/c1-18-17-24-22(16-23(18)25-13-5-2-6-14-25)12-10-19-9-11-20-7-3-4-8-21(20)15-19/h3-4,7-12,15-17H,2,5-6,13-14H2,1H3/b12-10-. The van der Waals surface area contributed by atoms with Gasteiger partial charge in [0.2, 0.25) is 0 Å². The minimum atomic E-state index is 1.03. The molecule has 3 aromatic rings. The average molecular weight is 328 g/mol. The molecule has 0 atom stereocenters. The predicted octanol–water partition coefficient (Wildman–Crippen LogP) is 5.70. The number of rotatable bonds is 3. The molecule has 1 aliphatic heterocycles. The fraction of sp³-hybridized carbons (Fsp3) is 0.261. The lowest BCUT2D eigenvalue weighted by molar-refractivity contribution is 0.577. The summed E-state index contributed by atoms with van der Waals surface area (Å²) >= 11 is 0. The molecular weight excluding hydrogens is 304 g/mol. The number of benzene rings is 2. The zero-order valence-electron chi connectivity index (χ0n) is 14.8. The highest BCUT2D eigenvalue weighted by Crippen LogP contribution is 2.25. The number of anilines is 1. The van der Waals surface area contributed by atoms with Crippen LogP contribution in [-0.2, 0) is 0 Å². The van der Waals surface area contributed by atoms with Crippen molar-refractivity contribution in [2.45, 2.75) is 26.2 Å². The van der Waals surface area contributed by atoms with Crippen molar-refractivity contribution in [2.75, 3.05) is 18.0 Å². The summed E-state index contributed by atoms with van der Waals surface area (Å²) in [6.45, 7) is 4.49. The van der Waals surface area contributed by atoms with Gasteiger partial charge in [0.1, 0.15) is 0 Å². The normalized spacial score (nSPS) is 15.2. The maximum atomic E-state index is 4.60. The van der Waals surface area contributed by atoms with E-state index >= 15 is 0 Å². The molecule has 0 amide bonds. The van der Waals surface area contributed by atoms with Gasteiger partial charge in [-0.3, -0.25) is 4.98 Å². The van der Waals surface area contributed by atoms with Crippen molar-refractivity contribution < 1.29 is 0 Å². The van der Waals surface area contributed by atoms with Crippen molar-refractivity contribution in [2.24, 2.45) is 0 Å². The maximum absolute atomic E-state index is 4.60. The molecule has 25 heavy (non-hydrogen) atoms. The summed E-state index contributed by atoms with van der Waals surface area (Å²) in [5, 5.41) is 2.55. The first-order valence-electron chi connectivity index (χ1n) is 9.18. The summed E-state index contributed by atoms with van der Waals surface area (Å²) in [4.78, 5) is 7.11. The van der Waals surface area contributed by atoms with Crippen molar-refractivity contribution in [1.29, 1.82) is 0 Å². The van der Waals surface area contributed by atoms with Crippen molar-refractivity contribution in [3.05, 3.63) is 71.5 Å². The fourth-order valence-corrected chi connectivity index (χ4v) is 3.59. The Morgan fingerprint density at radius 1 is 0.880 bits per heavy atom. The molecule has 126 valence electrons. The third-order valence-corrected chi connectivity index (χ3v) is 5.01. The second-order valence-corrected chi connectivity index (χ2v) is 6.88. The topological polar surface area (TPSA) is 16.1 Å². The van der Waals surface area contributed by atoms with Crippen molar-refractivity contribution >= 4 is 28.6 Å². The average Bonchev–Trinajstić information content (AvgIpc) is 2.68. The molecular formula is C23H24N2. The molecule has 0 N–H and O–H groups in total.